The van der Waals surface area contributed by atoms with Gasteiger partial charge in [-0.15, -0.1) is 0 Å². The zero-order chi connectivity index (χ0) is 16.1. The summed E-state index contributed by atoms with van der Waals surface area (Å²) in [6, 6.07) is 0. The zero-order valence-electron chi connectivity index (χ0n) is 13.8. The molecular weight excluding hydrogens is 276 g/mol. The van der Waals surface area contributed by atoms with Gasteiger partial charge in [0.05, 0.1) is 31.8 Å². The van der Waals surface area contributed by atoms with E-state index in [1.54, 1.807) is 7.11 Å². The Hall–Kier alpha value is -1.94. The Balaban J connectivity index is 2.28. The van der Waals surface area contributed by atoms with Crippen molar-refractivity contribution in [1.82, 2.24) is 10.6 Å². The van der Waals surface area contributed by atoms with E-state index in [2.05, 4.69) is 36.8 Å². The third kappa shape index (κ3) is 3.83. The van der Waals surface area contributed by atoms with Crippen molar-refractivity contribution in [3.05, 3.63) is 58.9 Å². The molecule has 1 aliphatic heterocycles. The standard InChI is InChI=1S/C18H26N2O2/c1-12(2)19-14(4)20-18-13(3)16(6-7-17(18)21-5)15-8-10-22-11-9-15/h8,19-20H,1,4,6-7,9-11H2,2-3,5H3. The summed E-state index contributed by atoms with van der Waals surface area (Å²) in [6.45, 7) is 13.4. The molecule has 0 aromatic carbocycles. The van der Waals surface area contributed by atoms with Crippen molar-refractivity contribution >= 4 is 0 Å². The van der Waals surface area contributed by atoms with Gasteiger partial charge in [-0.2, -0.15) is 0 Å². The van der Waals surface area contributed by atoms with E-state index < -0.39 is 0 Å². The molecule has 0 spiro atoms. The van der Waals surface area contributed by atoms with Crippen LogP contribution in [0.15, 0.2) is 58.9 Å². The molecule has 0 unspecified atom stereocenters. The van der Waals surface area contributed by atoms with Gasteiger partial charge in [-0.05, 0) is 43.4 Å². The number of allylic oxidation sites excluding steroid dienone is 4. The lowest BCUT2D eigenvalue weighted by molar-refractivity contribution is 0.155. The highest BCUT2D eigenvalue weighted by atomic mass is 16.5. The maximum Gasteiger partial charge on any atom is 0.120 e. The average molecular weight is 302 g/mol. The van der Waals surface area contributed by atoms with Crippen LogP contribution in [0, 0.1) is 0 Å². The molecule has 2 N–H and O–H groups in total. The van der Waals surface area contributed by atoms with Crippen molar-refractivity contribution in [2.24, 2.45) is 0 Å². The van der Waals surface area contributed by atoms with Crippen LogP contribution in [0.2, 0.25) is 0 Å². The van der Waals surface area contributed by atoms with Crippen LogP contribution >= 0.6 is 0 Å². The van der Waals surface area contributed by atoms with Crippen LogP contribution in [0.5, 0.6) is 0 Å². The molecule has 0 atom stereocenters. The minimum absolute atomic E-state index is 0.707. The molecule has 1 aliphatic carbocycles. The van der Waals surface area contributed by atoms with Crippen molar-refractivity contribution in [2.45, 2.75) is 33.1 Å². The predicted octanol–water partition coefficient (Wildman–Crippen LogP) is 3.49. The van der Waals surface area contributed by atoms with Crippen LogP contribution in [-0.4, -0.2) is 20.3 Å². The Labute approximate surface area is 133 Å². The summed E-state index contributed by atoms with van der Waals surface area (Å²) in [5, 5.41) is 6.44. The third-order valence-electron chi connectivity index (χ3n) is 3.95. The van der Waals surface area contributed by atoms with Gasteiger partial charge in [0, 0.05) is 12.1 Å². The van der Waals surface area contributed by atoms with Crippen molar-refractivity contribution in [1.29, 1.82) is 0 Å². The first-order valence-electron chi connectivity index (χ1n) is 7.65. The Kier molecular flexibility index (Phi) is 5.50. The van der Waals surface area contributed by atoms with E-state index in [0.29, 0.717) is 12.4 Å². The predicted molar refractivity (Wildman–Crippen MR) is 89.7 cm³/mol. The van der Waals surface area contributed by atoms with Gasteiger partial charge in [-0.25, -0.2) is 0 Å². The topological polar surface area (TPSA) is 42.5 Å². The Morgan fingerprint density at radius 3 is 2.64 bits per heavy atom. The van der Waals surface area contributed by atoms with Gasteiger partial charge >= 0.3 is 0 Å². The minimum atomic E-state index is 0.707. The van der Waals surface area contributed by atoms with E-state index in [-0.39, 0.29) is 0 Å². The second kappa shape index (κ2) is 7.36. The highest BCUT2D eigenvalue weighted by Gasteiger charge is 2.23. The number of rotatable bonds is 6. The Bertz CT molecular complexity index is 568. The molecule has 4 heteroatoms. The van der Waals surface area contributed by atoms with Crippen LogP contribution in [0.1, 0.15) is 33.1 Å². The summed E-state index contributed by atoms with van der Waals surface area (Å²) in [5.41, 5.74) is 5.88. The maximum atomic E-state index is 5.56. The van der Waals surface area contributed by atoms with Gasteiger partial charge in [0.2, 0.25) is 0 Å². The molecule has 0 saturated carbocycles. The molecule has 22 heavy (non-hydrogen) atoms. The summed E-state index contributed by atoms with van der Waals surface area (Å²) in [5.74, 6) is 1.68. The Morgan fingerprint density at radius 2 is 2.05 bits per heavy atom. The fraction of sp³-hybridized carbons (Fsp3) is 0.444. The number of hydrogen-bond donors (Lipinski definition) is 2. The third-order valence-corrected chi connectivity index (χ3v) is 3.95. The van der Waals surface area contributed by atoms with Crippen molar-refractivity contribution in [2.75, 3.05) is 20.3 Å². The average Bonchev–Trinajstić information content (AvgIpc) is 2.49. The molecule has 0 saturated heterocycles. The number of hydrogen-bond acceptors (Lipinski definition) is 4. The van der Waals surface area contributed by atoms with Crippen LogP contribution in [-0.2, 0) is 9.47 Å². The quantitative estimate of drug-likeness (QED) is 0.788. The van der Waals surface area contributed by atoms with Gasteiger partial charge in [0.25, 0.3) is 0 Å². The molecule has 2 aliphatic rings. The van der Waals surface area contributed by atoms with Crippen LogP contribution in [0.25, 0.3) is 0 Å². The molecule has 2 rings (SSSR count). The highest BCUT2D eigenvalue weighted by Crippen LogP contribution is 2.35. The van der Waals surface area contributed by atoms with E-state index in [0.717, 1.165) is 43.0 Å². The van der Waals surface area contributed by atoms with Crippen molar-refractivity contribution in [3.8, 4) is 0 Å². The summed E-state index contributed by atoms with van der Waals surface area (Å²) in [4.78, 5) is 0. The van der Waals surface area contributed by atoms with Gasteiger partial charge in [-0.3, -0.25) is 0 Å². The minimum Gasteiger partial charge on any atom is -0.499 e. The number of ether oxygens (including phenoxy) is 2. The summed E-state index contributed by atoms with van der Waals surface area (Å²) in [7, 11) is 1.72. The fourth-order valence-electron chi connectivity index (χ4n) is 2.92. The SMILES string of the molecule is C=C(C)NC(=C)NC1=C(OC)CCC(C2=CCOCC2)=C1C. The number of nitrogens with one attached hydrogen (secondary N) is 2. The largest absolute Gasteiger partial charge is 0.499 e. The van der Waals surface area contributed by atoms with Gasteiger partial charge < -0.3 is 20.1 Å². The fourth-order valence-corrected chi connectivity index (χ4v) is 2.92. The molecule has 0 aromatic rings. The number of methoxy groups -OCH3 is 1. The van der Waals surface area contributed by atoms with E-state index in [9.17, 15) is 0 Å². The molecule has 0 bridgehead atoms. The normalized spacial score (nSPS) is 18.8. The van der Waals surface area contributed by atoms with Crippen LogP contribution in [0.4, 0.5) is 0 Å². The second-order valence-corrected chi connectivity index (χ2v) is 5.67. The summed E-state index contributed by atoms with van der Waals surface area (Å²) in [6.07, 6.45) is 5.07. The van der Waals surface area contributed by atoms with E-state index in [1.807, 2.05) is 6.92 Å². The molecule has 0 amide bonds. The van der Waals surface area contributed by atoms with E-state index in [1.165, 1.54) is 16.7 Å². The lowest BCUT2D eigenvalue weighted by atomic mass is 9.87. The summed E-state index contributed by atoms with van der Waals surface area (Å²) >= 11 is 0. The first-order chi connectivity index (χ1) is 10.5. The molecule has 120 valence electrons. The van der Waals surface area contributed by atoms with Gasteiger partial charge in [0.1, 0.15) is 5.76 Å². The van der Waals surface area contributed by atoms with Crippen molar-refractivity contribution in [3.63, 3.8) is 0 Å². The Morgan fingerprint density at radius 1 is 1.27 bits per heavy atom. The molecule has 4 nitrogen and oxygen atoms in total. The smallest absolute Gasteiger partial charge is 0.120 e. The van der Waals surface area contributed by atoms with Crippen LogP contribution < -0.4 is 10.6 Å². The highest BCUT2D eigenvalue weighted by molar-refractivity contribution is 5.48. The van der Waals surface area contributed by atoms with Crippen LogP contribution in [0.3, 0.4) is 0 Å². The monoisotopic (exact) mass is 302 g/mol. The van der Waals surface area contributed by atoms with Gasteiger partial charge in [-0.1, -0.05) is 19.2 Å². The first-order valence-corrected chi connectivity index (χ1v) is 7.65. The van der Waals surface area contributed by atoms with Gasteiger partial charge in [0.15, 0.2) is 0 Å². The van der Waals surface area contributed by atoms with E-state index >= 15 is 0 Å². The lowest BCUT2D eigenvalue weighted by Crippen LogP contribution is -2.27. The molecule has 0 aromatic heterocycles. The molecule has 0 fully saturated rings. The lowest BCUT2D eigenvalue weighted by Gasteiger charge is -2.28. The second-order valence-electron chi connectivity index (χ2n) is 5.67. The molecule has 1 heterocycles. The molecule has 0 radical (unpaired) electrons. The maximum absolute atomic E-state index is 5.56. The van der Waals surface area contributed by atoms with E-state index in [4.69, 9.17) is 9.47 Å². The van der Waals surface area contributed by atoms with Crippen molar-refractivity contribution < 1.29 is 9.47 Å². The summed E-state index contributed by atoms with van der Waals surface area (Å²) < 4.78 is 11.0. The first kappa shape index (κ1) is 16.4. The molecular formula is C18H26N2O2. The zero-order valence-corrected chi connectivity index (χ0v) is 13.8.